The molecule has 1 aromatic carbocycles. The monoisotopic (exact) mass is 260 g/mol. The van der Waals surface area contributed by atoms with Crippen molar-refractivity contribution in [2.45, 2.75) is 47.5 Å². The molecule has 0 aliphatic heterocycles. The highest BCUT2D eigenvalue weighted by molar-refractivity contribution is 5.73. The molecule has 0 radical (unpaired) electrons. The van der Waals surface area contributed by atoms with Gasteiger partial charge in [0.25, 0.3) is 0 Å². The molecule has 0 bridgehead atoms. The largest absolute Gasteiger partial charge is 0.481 e. The van der Waals surface area contributed by atoms with E-state index in [0.717, 1.165) is 6.42 Å². The van der Waals surface area contributed by atoms with Crippen molar-refractivity contribution in [3.63, 3.8) is 0 Å². The van der Waals surface area contributed by atoms with Crippen LogP contribution in [0.1, 0.15) is 48.9 Å². The van der Waals surface area contributed by atoms with E-state index >= 15 is 0 Å². The van der Waals surface area contributed by atoms with Gasteiger partial charge in [0.05, 0.1) is 5.41 Å². The predicted octanol–water partition coefficient (Wildman–Crippen LogP) is 4.52. The summed E-state index contributed by atoms with van der Waals surface area (Å²) in [5, 5.41) is 9.05. The van der Waals surface area contributed by atoms with Crippen LogP contribution in [0, 0.1) is 26.2 Å². The molecule has 0 fully saturated rings. The maximum absolute atomic E-state index is 11.0. The van der Waals surface area contributed by atoms with E-state index < -0.39 is 11.4 Å². The van der Waals surface area contributed by atoms with E-state index in [2.05, 4.69) is 45.1 Å². The molecule has 0 saturated heterocycles. The normalized spacial score (nSPS) is 12.1. The summed E-state index contributed by atoms with van der Waals surface area (Å²) in [6, 6.07) is 4.35. The van der Waals surface area contributed by atoms with Crippen molar-refractivity contribution < 1.29 is 9.90 Å². The van der Waals surface area contributed by atoms with E-state index in [1.165, 1.54) is 22.3 Å². The van der Waals surface area contributed by atoms with Gasteiger partial charge < -0.3 is 5.11 Å². The van der Waals surface area contributed by atoms with Crippen LogP contribution in [0.2, 0.25) is 0 Å². The number of allylic oxidation sites excluding steroid dienone is 1. The van der Waals surface area contributed by atoms with Crippen molar-refractivity contribution in [3.8, 4) is 0 Å². The molecule has 1 N–H and O–H groups in total. The summed E-state index contributed by atoms with van der Waals surface area (Å²) in [5.41, 5.74) is 4.41. The summed E-state index contributed by atoms with van der Waals surface area (Å²) in [6.45, 7) is 9.86. The summed E-state index contributed by atoms with van der Waals surface area (Å²) < 4.78 is 0. The summed E-state index contributed by atoms with van der Waals surface area (Å²) >= 11 is 0. The van der Waals surface area contributed by atoms with Gasteiger partial charge in [0.1, 0.15) is 0 Å². The fraction of sp³-hybridized carbons (Fsp3) is 0.471. The molecule has 0 heterocycles. The zero-order valence-electron chi connectivity index (χ0n) is 12.6. The highest BCUT2D eigenvalue weighted by atomic mass is 16.4. The van der Waals surface area contributed by atoms with Crippen LogP contribution < -0.4 is 0 Å². The quantitative estimate of drug-likeness (QED) is 0.845. The third kappa shape index (κ3) is 4.23. The van der Waals surface area contributed by atoms with Crippen molar-refractivity contribution in [3.05, 3.63) is 40.5 Å². The Labute approximate surface area is 116 Å². The average molecular weight is 260 g/mol. The van der Waals surface area contributed by atoms with Crippen LogP contribution in [0.25, 0.3) is 6.08 Å². The predicted molar refractivity (Wildman–Crippen MR) is 80.3 cm³/mol. The molecule has 0 atom stereocenters. The van der Waals surface area contributed by atoms with Crippen molar-refractivity contribution in [1.29, 1.82) is 0 Å². The van der Waals surface area contributed by atoms with Crippen molar-refractivity contribution in [1.82, 2.24) is 0 Å². The van der Waals surface area contributed by atoms with Crippen LogP contribution in [0.3, 0.4) is 0 Å². The molecule has 0 aliphatic rings. The molecule has 0 spiro atoms. The molecule has 1 aromatic rings. The first-order chi connectivity index (χ1) is 8.74. The first-order valence-electron chi connectivity index (χ1n) is 6.72. The van der Waals surface area contributed by atoms with E-state index in [0.29, 0.717) is 6.42 Å². The van der Waals surface area contributed by atoms with Gasteiger partial charge in [-0.05, 0) is 64.2 Å². The van der Waals surface area contributed by atoms with Crippen LogP contribution >= 0.6 is 0 Å². The van der Waals surface area contributed by atoms with E-state index in [-0.39, 0.29) is 0 Å². The molecule has 0 aromatic heterocycles. The van der Waals surface area contributed by atoms with Crippen LogP contribution in [-0.4, -0.2) is 11.1 Å². The standard InChI is InChI=1S/C17H24O2/c1-12-10-13(2)15(14(3)11-12)8-6-7-9-17(4,5)16(18)19/h6,8,10-11H,7,9H2,1-5H3,(H,18,19)/b8-6+. The lowest BCUT2D eigenvalue weighted by atomic mass is 9.88. The zero-order chi connectivity index (χ0) is 14.6. The molecule has 0 unspecified atom stereocenters. The molecule has 0 aliphatic carbocycles. The van der Waals surface area contributed by atoms with Crippen molar-refractivity contribution >= 4 is 12.0 Å². The maximum atomic E-state index is 11.0. The number of aliphatic carboxylic acids is 1. The minimum absolute atomic E-state index is 0.651. The van der Waals surface area contributed by atoms with Crippen LogP contribution in [0.4, 0.5) is 0 Å². The molecular formula is C17H24O2. The highest BCUT2D eigenvalue weighted by Gasteiger charge is 2.25. The minimum atomic E-state index is -0.733. The van der Waals surface area contributed by atoms with Gasteiger partial charge >= 0.3 is 5.97 Å². The number of carboxylic acid groups (broad SMARTS) is 1. The van der Waals surface area contributed by atoms with E-state index in [1.54, 1.807) is 13.8 Å². The zero-order valence-corrected chi connectivity index (χ0v) is 12.6. The maximum Gasteiger partial charge on any atom is 0.309 e. The Balaban J connectivity index is 2.71. The Morgan fingerprint density at radius 3 is 2.21 bits per heavy atom. The number of hydrogen-bond acceptors (Lipinski definition) is 1. The van der Waals surface area contributed by atoms with Crippen molar-refractivity contribution in [2.75, 3.05) is 0 Å². The lowest BCUT2D eigenvalue weighted by Crippen LogP contribution is -2.23. The summed E-state index contributed by atoms with van der Waals surface area (Å²) in [7, 11) is 0. The Morgan fingerprint density at radius 1 is 1.21 bits per heavy atom. The molecule has 2 nitrogen and oxygen atoms in total. The Kier molecular flexibility index (Phi) is 4.93. The lowest BCUT2D eigenvalue weighted by molar-refractivity contribution is -0.147. The first kappa shape index (κ1) is 15.5. The molecule has 104 valence electrons. The second kappa shape index (κ2) is 6.05. The fourth-order valence-corrected chi connectivity index (χ4v) is 2.21. The van der Waals surface area contributed by atoms with Crippen molar-refractivity contribution in [2.24, 2.45) is 5.41 Å². The summed E-state index contributed by atoms with van der Waals surface area (Å²) in [4.78, 5) is 11.0. The molecule has 0 saturated carbocycles. The van der Waals surface area contributed by atoms with E-state index in [9.17, 15) is 4.79 Å². The van der Waals surface area contributed by atoms with Gasteiger partial charge in [0.15, 0.2) is 0 Å². The van der Waals surface area contributed by atoms with Gasteiger partial charge in [-0.25, -0.2) is 0 Å². The number of aryl methyl sites for hydroxylation is 3. The first-order valence-corrected chi connectivity index (χ1v) is 6.72. The topological polar surface area (TPSA) is 37.3 Å². The van der Waals surface area contributed by atoms with Gasteiger partial charge in [0, 0.05) is 0 Å². The third-order valence-corrected chi connectivity index (χ3v) is 3.54. The van der Waals surface area contributed by atoms with Gasteiger partial charge in [-0.1, -0.05) is 29.8 Å². The Hall–Kier alpha value is -1.57. The third-order valence-electron chi connectivity index (χ3n) is 3.54. The van der Waals surface area contributed by atoms with E-state index in [1.807, 2.05) is 0 Å². The van der Waals surface area contributed by atoms with Gasteiger partial charge in [-0.3, -0.25) is 4.79 Å². The number of rotatable bonds is 5. The minimum Gasteiger partial charge on any atom is -0.481 e. The van der Waals surface area contributed by atoms with Crippen LogP contribution in [0.5, 0.6) is 0 Å². The fourth-order valence-electron chi connectivity index (χ4n) is 2.21. The second-order valence-electron chi connectivity index (χ2n) is 5.94. The average Bonchev–Trinajstić information content (AvgIpc) is 2.26. The Morgan fingerprint density at radius 2 is 1.74 bits per heavy atom. The highest BCUT2D eigenvalue weighted by Crippen LogP contribution is 2.24. The SMILES string of the molecule is Cc1cc(C)c(/C=C/CCC(C)(C)C(=O)O)c(C)c1. The number of carbonyl (C=O) groups is 1. The van der Waals surface area contributed by atoms with Crippen LogP contribution in [0.15, 0.2) is 18.2 Å². The van der Waals surface area contributed by atoms with Gasteiger partial charge in [0.2, 0.25) is 0 Å². The van der Waals surface area contributed by atoms with Crippen LogP contribution in [-0.2, 0) is 4.79 Å². The molecular weight excluding hydrogens is 236 g/mol. The summed E-state index contributed by atoms with van der Waals surface area (Å²) in [6.07, 6.45) is 5.63. The number of carboxylic acids is 1. The van der Waals surface area contributed by atoms with Gasteiger partial charge in [-0.2, -0.15) is 0 Å². The lowest BCUT2D eigenvalue weighted by Gasteiger charge is -2.17. The second-order valence-corrected chi connectivity index (χ2v) is 5.94. The number of benzene rings is 1. The molecule has 2 heteroatoms. The smallest absolute Gasteiger partial charge is 0.309 e. The van der Waals surface area contributed by atoms with E-state index in [4.69, 9.17) is 5.11 Å². The Bertz CT molecular complexity index is 473. The van der Waals surface area contributed by atoms with Gasteiger partial charge in [-0.15, -0.1) is 0 Å². The molecule has 19 heavy (non-hydrogen) atoms. The summed E-state index contributed by atoms with van der Waals surface area (Å²) in [5.74, 6) is -0.733. The molecule has 1 rings (SSSR count). The number of hydrogen-bond donors (Lipinski definition) is 1. The molecule has 0 amide bonds.